The molecule has 1 N–H and O–H groups in total. The smallest absolute Gasteiger partial charge is 0.411 e. The van der Waals surface area contributed by atoms with Crippen LogP contribution in [0.25, 0.3) is 22.2 Å². The molecule has 1 amide bonds. The number of anilines is 1. The average Bonchev–Trinajstić information content (AvgIpc) is 3.48. The normalized spacial score (nSPS) is 18.4. The van der Waals surface area contributed by atoms with Crippen molar-refractivity contribution in [2.24, 2.45) is 5.92 Å². The molecular weight excluding hydrogens is 470 g/mol. The number of rotatable bonds is 8. The highest BCUT2D eigenvalue weighted by Gasteiger charge is 2.28. The van der Waals surface area contributed by atoms with Gasteiger partial charge in [0.05, 0.1) is 23.4 Å². The van der Waals surface area contributed by atoms with Gasteiger partial charge in [-0.3, -0.25) is 5.32 Å². The van der Waals surface area contributed by atoms with E-state index in [-0.39, 0.29) is 18.1 Å². The Hall–Kier alpha value is -3.54. The summed E-state index contributed by atoms with van der Waals surface area (Å²) in [6.07, 6.45) is 2.58. The number of nitrogens with one attached hydrogen (secondary N) is 1. The number of nitriles is 1. The number of aromatic nitrogens is 1. The summed E-state index contributed by atoms with van der Waals surface area (Å²) in [4.78, 5) is 12.3. The van der Waals surface area contributed by atoms with E-state index in [9.17, 15) is 10.1 Å². The van der Waals surface area contributed by atoms with Crippen LogP contribution in [0.4, 0.5) is 10.5 Å². The van der Waals surface area contributed by atoms with Gasteiger partial charge in [-0.1, -0.05) is 26.0 Å². The summed E-state index contributed by atoms with van der Waals surface area (Å²) in [6.45, 7) is 7.15. The third kappa shape index (κ3) is 5.29. The fraction of sp³-hybridized carbons (Fsp3) is 0.448. The van der Waals surface area contributed by atoms with Gasteiger partial charge in [-0.25, -0.2) is 4.79 Å². The van der Waals surface area contributed by atoms with Crippen LogP contribution in [0.15, 0.2) is 42.5 Å². The second-order valence-electron chi connectivity index (χ2n) is 10.1. The molecule has 37 heavy (non-hydrogen) atoms. The zero-order valence-electron chi connectivity index (χ0n) is 21.5. The van der Waals surface area contributed by atoms with Crippen LogP contribution >= 0.6 is 0 Å². The van der Waals surface area contributed by atoms with Crippen LogP contribution in [-0.4, -0.2) is 42.9 Å². The van der Waals surface area contributed by atoms with Gasteiger partial charge in [0.15, 0.2) is 0 Å². The van der Waals surface area contributed by atoms with E-state index in [4.69, 9.17) is 18.9 Å². The maximum atomic E-state index is 12.3. The predicted molar refractivity (Wildman–Crippen MR) is 141 cm³/mol. The monoisotopic (exact) mass is 503 g/mol. The Bertz CT molecular complexity index is 1300. The van der Waals surface area contributed by atoms with E-state index in [1.54, 1.807) is 0 Å². The Labute approximate surface area is 217 Å². The first-order chi connectivity index (χ1) is 17.9. The molecule has 2 heterocycles. The van der Waals surface area contributed by atoms with Gasteiger partial charge in [-0.15, -0.1) is 0 Å². The van der Waals surface area contributed by atoms with Gasteiger partial charge in [-0.2, -0.15) is 5.26 Å². The van der Waals surface area contributed by atoms with E-state index in [0.717, 1.165) is 40.8 Å². The zero-order chi connectivity index (χ0) is 25.9. The maximum absolute atomic E-state index is 12.3. The lowest BCUT2D eigenvalue weighted by atomic mass is 9.92. The van der Waals surface area contributed by atoms with Crippen molar-refractivity contribution in [1.29, 1.82) is 5.26 Å². The lowest BCUT2D eigenvalue weighted by Crippen LogP contribution is -2.23. The first-order valence-corrected chi connectivity index (χ1v) is 12.9. The molecule has 1 saturated heterocycles. The molecule has 5 rings (SSSR count). The summed E-state index contributed by atoms with van der Waals surface area (Å²) in [5.74, 6) is 0.979. The van der Waals surface area contributed by atoms with Crippen LogP contribution in [0.3, 0.4) is 0 Å². The van der Waals surface area contributed by atoms with Crippen LogP contribution in [0.1, 0.15) is 51.6 Å². The number of nitrogens with zero attached hydrogens (tertiary/aromatic N) is 2. The van der Waals surface area contributed by atoms with Crippen LogP contribution < -0.4 is 10.1 Å². The molecule has 3 aromatic rings. The largest absolute Gasteiger partial charge is 0.491 e. The fourth-order valence-electron chi connectivity index (χ4n) is 4.62. The molecule has 1 aliphatic carbocycles. The number of amides is 1. The molecular formula is C29H33N3O5. The van der Waals surface area contributed by atoms with Gasteiger partial charge in [0.25, 0.3) is 0 Å². The number of ether oxygens (including phenoxy) is 4. The minimum Gasteiger partial charge on any atom is -0.491 e. The van der Waals surface area contributed by atoms with Crippen molar-refractivity contribution < 1.29 is 23.7 Å². The zero-order valence-corrected chi connectivity index (χ0v) is 21.5. The summed E-state index contributed by atoms with van der Waals surface area (Å²) >= 11 is 0. The minimum absolute atomic E-state index is 0.0719. The molecule has 1 aromatic heterocycles. The molecule has 0 spiro atoms. The molecule has 8 heteroatoms. The van der Waals surface area contributed by atoms with Crippen molar-refractivity contribution in [3.05, 3.63) is 48.0 Å². The number of fused-ring (bicyclic) bond motifs is 1. The van der Waals surface area contributed by atoms with Crippen LogP contribution in [-0.2, 0) is 14.2 Å². The summed E-state index contributed by atoms with van der Waals surface area (Å²) in [7, 11) is 0. The summed E-state index contributed by atoms with van der Waals surface area (Å²) in [6, 6.07) is 16.3. The average molecular weight is 504 g/mol. The molecule has 8 nitrogen and oxygen atoms in total. The molecule has 2 atom stereocenters. The van der Waals surface area contributed by atoms with Crippen LogP contribution in [0.5, 0.6) is 5.75 Å². The predicted octanol–water partition coefficient (Wildman–Crippen LogP) is 6.25. The van der Waals surface area contributed by atoms with E-state index in [1.807, 2.05) is 63.2 Å². The number of carbonyl (C=O) groups excluding carboxylic acids is 1. The summed E-state index contributed by atoms with van der Waals surface area (Å²) in [5.41, 5.74) is 4.10. The summed E-state index contributed by atoms with van der Waals surface area (Å²) < 4.78 is 24.5. The van der Waals surface area contributed by atoms with E-state index >= 15 is 0 Å². The van der Waals surface area contributed by atoms with Gasteiger partial charge in [0.1, 0.15) is 37.4 Å². The fourth-order valence-corrected chi connectivity index (χ4v) is 4.62. The van der Waals surface area contributed by atoms with Crippen molar-refractivity contribution in [3.63, 3.8) is 0 Å². The number of hydrogen-bond acceptors (Lipinski definition) is 6. The molecule has 0 radical (unpaired) electrons. The lowest BCUT2D eigenvalue weighted by Gasteiger charge is -2.30. The number of benzene rings is 2. The molecule has 0 bridgehead atoms. The number of carbonyl (C=O) groups is 1. The minimum atomic E-state index is -0.475. The second-order valence-corrected chi connectivity index (χ2v) is 10.1. The summed E-state index contributed by atoms with van der Waals surface area (Å²) in [5, 5.41) is 13.9. The van der Waals surface area contributed by atoms with E-state index in [0.29, 0.717) is 37.3 Å². The molecule has 2 aliphatic rings. The topological polar surface area (TPSA) is 94.7 Å². The maximum Gasteiger partial charge on any atom is 0.411 e. The van der Waals surface area contributed by atoms with Gasteiger partial charge in [0, 0.05) is 23.2 Å². The standard InChI is InChI=1S/C29H33N3O5/c1-18(2)19(3)37-29(33)31-21-9-7-20(8-10-21)28-26(14-30)25-12-11-23(35-16-24-15-34-17-36-24)13-27(25)32(28)22-5-4-6-22/h7-13,18-19,22,24H,4-6,15-17H2,1-3H3,(H,31,33)/t19-,24?/m0/s1. The highest BCUT2D eigenvalue weighted by atomic mass is 16.7. The van der Waals surface area contributed by atoms with E-state index < -0.39 is 6.09 Å². The Balaban J connectivity index is 1.44. The molecule has 2 aromatic carbocycles. The van der Waals surface area contributed by atoms with E-state index in [1.165, 1.54) is 6.42 Å². The quantitative estimate of drug-likeness (QED) is 0.390. The molecule has 1 saturated carbocycles. The lowest BCUT2D eigenvalue weighted by molar-refractivity contribution is 0.0320. The Morgan fingerprint density at radius 1 is 1.19 bits per heavy atom. The van der Waals surface area contributed by atoms with Gasteiger partial charge < -0.3 is 23.5 Å². The van der Waals surface area contributed by atoms with Crippen LogP contribution in [0, 0.1) is 17.2 Å². The second kappa shape index (κ2) is 10.8. The Morgan fingerprint density at radius 3 is 2.59 bits per heavy atom. The van der Waals surface area contributed by atoms with Crippen molar-refractivity contribution in [2.45, 2.75) is 58.3 Å². The third-order valence-corrected chi connectivity index (χ3v) is 7.29. The first-order valence-electron chi connectivity index (χ1n) is 12.9. The van der Waals surface area contributed by atoms with Gasteiger partial charge in [-0.05, 0) is 61.9 Å². The molecule has 2 fully saturated rings. The van der Waals surface area contributed by atoms with E-state index in [2.05, 4.69) is 16.0 Å². The van der Waals surface area contributed by atoms with Gasteiger partial charge in [0.2, 0.25) is 0 Å². The van der Waals surface area contributed by atoms with Crippen molar-refractivity contribution >= 4 is 22.7 Å². The SMILES string of the molecule is CC(C)[C@H](C)OC(=O)Nc1ccc(-c2c(C#N)c3ccc(OCC4COCO4)cc3n2C2CCC2)cc1. The van der Waals surface area contributed by atoms with Crippen LogP contribution in [0.2, 0.25) is 0 Å². The molecule has 194 valence electrons. The molecule has 1 unspecified atom stereocenters. The third-order valence-electron chi connectivity index (χ3n) is 7.29. The van der Waals surface area contributed by atoms with Crippen molar-refractivity contribution in [1.82, 2.24) is 4.57 Å². The Morgan fingerprint density at radius 2 is 1.97 bits per heavy atom. The first kappa shape index (κ1) is 25.1. The molecule has 1 aliphatic heterocycles. The highest BCUT2D eigenvalue weighted by Crippen LogP contribution is 2.43. The number of hydrogen-bond donors (Lipinski definition) is 1. The van der Waals surface area contributed by atoms with Gasteiger partial charge >= 0.3 is 6.09 Å². The van der Waals surface area contributed by atoms with Crippen molar-refractivity contribution in [2.75, 3.05) is 25.3 Å². The Kier molecular flexibility index (Phi) is 7.36. The highest BCUT2D eigenvalue weighted by molar-refractivity contribution is 5.96. The van der Waals surface area contributed by atoms with Crippen molar-refractivity contribution in [3.8, 4) is 23.1 Å².